The largest absolute Gasteiger partial charge is 0.384 e. The van der Waals surface area contributed by atoms with Crippen LogP contribution < -0.4 is 4.90 Å². The van der Waals surface area contributed by atoms with Gasteiger partial charge in [-0.2, -0.15) is 0 Å². The molecule has 16 heavy (non-hydrogen) atoms. The van der Waals surface area contributed by atoms with E-state index in [-0.39, 0.29) is 12.8 Å². The second kappa shape index (κ2) is 4.37. The van der Waals surface area contributed by atoms with Gasteiger partial charge in [-0.15, -0.1) is 0 Å². The number of benzene rings is 1. The molecule has 0 amide bonds. The second-order valence-electron chi connectivity index (χ2n) is 4.23. The standard InChI is InChI=1S/C12H15F2NO/c13-11(14)12(16)6-8-15(9-7-12)10-4-2-1-3-5-10/h1-5,11,16H,6-9H2. The van der Waals surface area contributed by atoms with Gasteiger partial charge in [-0.25, -0.2) is 8.78 Å². The summed E-state index contributed by atoms with van der Waals surface area (Å²) >= 11 is 0. The molecule has 1 aromatic carbocycles. The highest BCUT2D eigenvalue weighted by Crippen LogP contribution is 2.30. The molecule has 2 nitrogen and oxygen atoms in total. The summed E-state index contributed by atoms with van der Waals surface area (Å²) in [5.74, 6) is 0. The van der Waals surface area contributed by atoms with Crippen molar-refractivity contribution in [1.29, 1.82) is 0 Å². The number of anilines is 1. The first-order valence-corrected chi connectivity index (χ1v) is 5.42. The van der Waals surface area contributed by atoms with E-state index < -0.39 is 12.0 Å². The summed E-state index contributed by atoms with van der Waals surface area (Å²) in [5.41, 5.74) is -0.760. The first kappa shape index (κ1) is 11.3. The molecule has 0 saturated carbocycles. The molecule has 1 fully saturated rings. The van der Waals surface area contributed by atoms with Crippen LogP contribution in [-0.4, -0.2) is 30.2 Å². The van der Waals surface area contributed by atoms with Gasteiger partial charge in [-0.3, -0.25) is 0 Å². The Morgan fingerprint density at radius 2 is 1.69 bits per heavy atom. The van der Waals surface area contributed by atoms with Crippen molar-refractivity contribution in [3.63, 3.8) is 0 Å². The number of rotatable bonds is 2. The van der Waals surface area contributed by atoms with Gasteiger partial charge in [0.05, 0.1) is 0 Å². The summed E-state index contributed by atoms with van der Waals surface area (Å²) in [6.07, 6.45) is -2.40. The van der Waals surface area contributed by atoms with Crippen molar-refractivity contribution in [2.75, 3.05) is 18.0 Å². The topological polar surface area (TPSA) is 23.5 Å². The zero-order valence-electron chi connectivity index (χ0n) is 8.94. The van der Waals surface area contributed by atoms with E-state index in [0.717, 1.165) is 5.69 Å². The van der Waals surface area contributed by atoms with E-state index in [2.05, 4.69) is 0 Å². The fourth-order valence-electron chi connectivity index (χ4n) is 2.01. The summed E-state index contributed by atoms with van der Waals surface area (Å²) in [6.45, 7) is 0.954. The summed E-state index contributed by atoms with van der Waals surface area (Å²) in [5, 5.41) is 9.64. The minimum atomic E-state index is -2.65. The molecule has 2 rings (SSSR count). The number of aliphatic hydroxyl groups is 1. The zero-order chi connectivity index (χ0) is 11.6. The van der Waals surface area contributed by atoms with Crippen LogP contribution in [0.15, 0.2) is 30.3 Å². The minimum Gasteiger partial charge on any atom is -0.384 e. The number of hydrogen-bond donors (Lipinski definition) is 1. The summed E-state index contributed by atoms with van der Waals surface area (Å²) in [4.78, 5) is 2.02. The van der Waals surface area contributed by atoms with E-state index in [1.807, 2.05) is 35.2 Å². The SMILES string of the molecule is OC1(C(F)F)CCN(c2ccccc2)CC1. The molecule has 1 heterocycles. The highest BCUT2D eigenvalue weighted by Gasteiger charge is 2.40. The van der Waals surface area contributed by atoms with Gasteiger partial charge in [0.25, 0.3) is 6.43 Å². The van der Waals surface area contributed by atoms with Crippen molar-refractivity contribution in [3.05, 3.63) is 30.3 Å². The number of nitrogens with zero attached hydrogens (tertiary/aromatic N) is 1. The number of hydrogen-bond acceptors (Lipinski definition) is 2. The molecule has 0 unspecified atom stereocenters. The molecule has 1 saturated heterocycles. The molecule has 0 radical (unpaired) electrons. The lowest BCUT2D eigenvalue weighted by atomic mass is 9.91. The fourth-order valence-corrected chi connectivity index (χ4v) is 2.01. The normalized spacial score (nSPS) is 20.1. The van der Waals surface area contributed by atoms with E-state index in [0.29, 0.717) is 13.1 Å². The Morgan fingerprint density at radius 1 is 1.12 bits per heavy atom. The van der Waals surface area contributed by atoms with Crippen LogP contribution >= 0.6 is 0 Å². The van der Waals surface area contributed by atoms with Crippen molar-refractivity contribution in [3.8, 4) is 0 Å². The molecule has 0 atom stereocenters. The Hall–Kier alpha value is -1.16. The highest BCUT2D eigenvalue weighted by atomic mass is 19.3. The van der Waals surface area contributed by atoms with Gasteiger partial charge in [0.1, 0.15) is 5.60 Å². The smallest absolute Gasteiger partial charge is 0.266 e. The maximum Gasteiger partial charge on any atom is 0.266 e. The predicted octanol–water partition coefficient (Wildman–Crippen LogP) is 2.28. The predicted molar refractivity (Wildman–Crippen MR) is 58.8 cm³/mol. The van der Waals surface area contributed by atoms with E-state index in [1.54, 1.807) is 0 Å². The Morgan fingerprint density at radius 3 is 2.19 bits per heavy atom. The lowest BCUT2D eigenvalue weighted by Crippen LogP contribution is -2.48. The van der Waals surface area contributed by atoms with Crippen LogP contribution in [0.25, 0.3) is 0 Å². The molecule has 0 spiro atoms. The third-order valence-electron chi connectivity index (χ3n) is 3.16. The van der Waals surface area contributed by atoms with Crippen LogP contribution in [0.5, 0.6) is 0 Å². The average Bonchev–Trinajstić information content (AvgIpc) is 2.31. The first-order chi connectivity index (χ1) is 7.62. The second-order valence-corrected chi connectivity index (χ2v) is 4.23. The molecular weight excluding hydrogens is 212 g/mol. The van der Waals surface area contributed by atoms with E-state index in [1.165, 1.54) is 0 Å². The molecule has 0 aromatic heterocycles. The maximum absolute atomic E-state index is 12.6. The average molecular weight is 227 g/mol. The molecule has 0 bridgehead atoms. The molecule has 1 aromatic rings. The lowest BCUT2D eigenvalue weighted by Gasteiger charge is -2.38. The molecule has 88 valence electrons. The first-order valence-electron chi connectivity index (χ1n) is 5.42. The number of halogens is 2. The van der Waals surface area contributed by atoms with Gasteiger partial charge in [-0.1, -0.05) is 18.2 Å². The number of piperidine rings is 1. The molecular formula is C12H15F2NO. The van der Waals surface area contributed by atoms with Crippen LogP contribution in [0.2, 0.25) is 0 Å². The molecule has 1 N–H and O–H groups in total. The third kappa shape index (κ3) is 2.16. The summed E-state index contributed by atoms with van der Waals surface area (Å²) in [6, 6.07) is 9.66. The van der Waals surface area contributed by atoms with Crippen LogP contribution in [0.4, 0.5) is 14.5 Å². The maximum atomic E-state index is 12.6. The third-order valence-corrected chi connectivity index (χ3v) is 3.16. The highest BCUT2D eigenvalue weighted by molar-refractivity contribution is 5.46. The molecule has 1 aliphatic heterocycles. The van der Waals surface area contributed by atoms with Gasteiger partial charge in [0.2, 0.25) is 0 Å². The van der Waals surface area contributed by atoms with Gasteiger partial charge < -0.3 is 10.0 Å². The fraction of sp³-hybridized carbons (Fsp3) is 0.500. The Labute approximate surface area is 93.5 Å². The summed E-state index contributed by atoms with van der Waals surface area (Å²) in [7, 11) is 0. The monoisotopic (exact) mass is 227 g/mol. The Bertz CT molecular complexity index is 334. The Kier molecular flexibility index (Phi) is 3.10. The van der Waals surface area contributed by atoms with Crippen LogP contribution in [0.3, 0.4) is 0 Å². The number of para-hydroxylation sites is 1. The van der Waals surface area contributed by atoms with Crippen molar-refractivity contribution in [2.45, 2.75) is 24.9 Å². The molecule has 0 aliphatic carbocycles. The molecule has 4 heteroatoms. The number of alkyl halides is 2. The van der Waals surface area contributed by atoms with Crippen LogP contribution in [0.1, 0.15) is 12.8 Å². The van der Waals surface area contributed by atoms with Gasteiger partial charge in [0.15, 0.2) is 0 Å². The van der Waals surface area contributed by atoms with Gasteiger partial charge >= 0.3 is 0 Å². The van der Waals surface area contributed by atoms with Crippen molar-refractivity contribution in [2.24, 2.45) is 0 Å². The molecule has 1 aliphatic rings. The van der Waals surface area contributed by atoms with Crippen LogP contribution in [0, 0.1) is 0 Å². The lowest BCUT2D eigenvalue weighted by molar-refractivity contribution is -0.109. The summed E-state index contributed by atoms with van der Waals surface area (Å²) < 4.78 is 25.1. The van der Waals surface area contributed by atoms with E-state index >= 15 is 0 Å². The van der Waals surface area contributed by atoms with E-state index in [4.69, 9.17) is 0 Å². The quantitative estimate of drug-likeness (QED) is 0.837. The van der Waals surface area contributed by atoms with Crippen molar-refractivity contribution < 1.29 is 13.9 Å². The minimum absolute atomic E-state index is 0.125. The van der Waals surface area contributed by atoms with Gasteiger partial charge in [-0.05, 0) is 25.0 Å². The zero-order valence-corrected chi connectivity index (χ0v) is 8.94. The van der Waals surface area contributed by atoms with Crippen molar-refractivity contribution in [1.82, 2.24) is 0 Å². The van der Waals surface area contributed by atoms with Crippen molar-refractivity contribution >= 4 is 5.69 Å². The van der Waals surface area contributed by atoms with Gasteiger partial charge in [0, 0.05) is 18.8 Å². The Balaban J connectivity index is 2.01. The van der Waals surface area contributed by atoms with Crippen LogP contribution in [-0.2, 0) is 0 Å². The van der Waals surface area contributed by atoms with E-state index in [9.17, 15) is 13.9 Å².